The van der Waals surface area contributed by atoms with Crippen LogP contribution in [0.2, 0.25) is 4.34 Å². The standard InChI is InChI=1S/C24H20ClN3O2S/c25-23-10-9-22(31-23)21-15-19(18-3-1-2-4-20(18)26-21)24(30)28-13-11-27(12-14-28)16-5-7-17(29)8-6-16/h1-10,15,29H,11-14H2. The summed E-state index contributed by atoms with van der Waals surface area (Å²) in [5, 5.41) is 10.4. The monoisotopic (exact) mass is 449 g/mol. The molecule has 2 aromatic heterocycles. The van der Waals surface area contributed by atoms with Gasteiger partial charge in [0.1, 0.15) is 5.75 Å². The summed E-state index contributed by atoms with van der Waals surface area (Å²) in [7, 11) is 0. The fraction of sp³-hybridized carbons (Fsp3) is 0.167. The van der Waals surface area contributed by atoms with Crippen LogP contribution < -0.4 is 4.90 Å². The number of para-hydroxylation sites is 1. The number of halogens is 1. The molecule has 1 fully saturated rings. The van der Waals surface area contributed by atoms with Gasteiger partial charge in [-0.3, -0.25) is 4.79 Å². The van der Waals surface area contributed by atoms with Crippen LogP contribution in [-0.2, 0) is 0 Å². The maximum atomic E-state index is 13.5. The van der Waals surface area contributed by atoms with Crippen LogP contribution in [0.25, 0.3) is 21.5 Å². The second kappa shape index (κ2) is 8.21. The van der Waals surface area contributed by atoms with Crippen LogP contribution in [0.5, 0.6) is 5.75 Å². The molecule has 0 radical (unpaired) electrons. The Bertz CT molecular complexity index is 1250. The van der Waals surface area contributed by atoms with Gasteiger partial charge in [-0.25, -0.2) is 4.98 Å². The Morgan fingerprint density at radius 3 is 2.42 bits per heavy atom. The van der Waals surface area contributed by atoms with Crippen LogP contribution in [0.1, 0.15) is 10.4 Å². The molecule has 0 aliphatic carbocycles. The molecule has 7 heteroatoms. The van der Waals surface area contributed by atoms with Gasteiger partial charge < -0.3 is 14.9 Å². The van der Waals surface area contributed by atoms with Crippen LogP contribution in [0, 0.1) is 0 Å². The highest BCUT2D eigenvalue weighted by Gasteiger charge is 2.24. The molecule has 2 aromatic carbocycles. The molecule has 31 heavy (non-hydrogen) atoms. The minimum Gasteiger partial charge on any atom is -0.508 e. The Morgan fingerprint density at radius 1 is 0.968 bits per heavy atom. The fourth-order valence-corrected chi connectivity index (χ4v) is 4.94. The van der Waals surface area contributed by atoms with Crippen molar-refractivity contribution in [1.29, 1.82) is 0 Å². The minimum atomic E-state index is 0.0212. The van der Waals surface area contributed by atoms with Gasteiger partial charge in [0.05, 0.1) is 26.0 Å². The van der Waals surface area contributed by atoms with Crippen molar-refractivity contribution in [3.05, 3.63) is 76.6 Å². The lowest BCUT2D eigenvalue weighted by Crippen LogP contribution is -2.48. The molecule has 3 heterocycles. The van der Waals surface area contributed by atoms with Crippen LogP contribution in [-0.4, -0.2) is 47.1 Å². The number of aromatic nitrogens is 1. The molecule has 1 N–H and O–H groups in total. The van der Waals surface area contributed by atoms with Crippen molar-refractivity contribution >= 4 is 45.4 Å². The van der Waals surface area contributed by atoms with E-state index in [0.29, 0.717) is 23.0 Å². The van der Waals surface area contributed by atoms with Gasteiger partial charge >= 0.3 is 0 Å². The SMILES string of the molecule is O=C(c1cc(-c2ccc(Cl)s2)nc2ccccc12)N1CCN(c2ccc(O)cc2)CC1. The number of anilines is 1. The first kappa shape index (κ1) is 19.8. The molecule has 1 amide bonds. The number of benzene rings is 2. The molecule has 1 saturated heterocycles. The topological polar surface area (TPSA) is 56.7 Å². The van der Waals surface area contributed by atoms with Crippen molar-refractivity contribution in [2.45, 2.75) is 0 Å². The zero-order chi connectivity index (χ0) is 21.4. The average molecular weight is 450 g/mol. The molecule has 156 valence electrons. The van der Waals surface area contributed by atoms with Gasteiger partial charge in [-0.15, -0.1) is 11.3 Å². The van der Waals surface area contributed by atoms with Crippen molar-refractivity contribution in [2.24, 2.45) is 0 Å². The van der Waals surface area contributed by atoms with Crippen LogP contribution >= 0.6 is 22.9 Å². The lowest BCUT2D eigenvalue weighted by Gasteiger charge is -2.36. The number of rotatable bonds is 3. The van der Waals surface area contributed by atoms with E-state index in [1.165, 1.54) is 11.3 Å². The Hall–Kier alpha value is -3.09. The second-order valence-corrected chi connectivity index (χ2v) is 9.19. The molecule has 5 rings (SSSR count). The van der Waals surface area contributed by atoms with Gasteiger partial charge in [0.25, 0.3) is 5.91 Å². The van der Waals surface area contributed by atoms with Crippen molar-refractivity contribution in [1.82, 2.24) is 9.88 Å². The third kappa shape index (κ3) is 3.96. The van der Waals surface area contributed by atoms with E-state index in [2.05, 4.69) is 4.90 Å². The van der Waals surface area contributed by atoms with Gasteiger partial charge in [0, 0.05) is 37.3 Å². The molecule has 4 aromatic rings. The molecular formula is C24H20ClN3O2S. The van der Waals surface area contributed by atoms with E-state index < -0.39 is 0 Å². The smallest absolute Gasteiger partial charge is 0.254 e. The number of pyridine rings is 1. The second-order valence-electron chi connectivity index (χ2n) is 7.47. The lowest BCUT2D eigenvalue weighted by atomic mass is 10.1. The molecule has 0 atom stereocenters. The fourth-order valence-electron chi connectivity index (χ4n) is 3.93. The van der Waals surface area contributed by atoms with Gasteiger partial charge in [-0.1, -0.05) is 29.8 Å². The van der Waals surface area contributed by atoms with Crippen molar-refractivity contribution in [3.63, 3.8) is 0 Å². The number of thiophene rings is 1. The Balaban J connectivity index is 1.42. The number of phenolic OH excluding ortho intramolecular Hbond substituents is 1. The number of phenols is 1. The normalized spacial score (nSPS) is 14.2. The number of fused-ring (bicyclic) bond motifs is 1. The number of nitrogens with zero attached hydrogens (tertiary/aromatic N) is 3. The first-order chi connectivity index (χ1) is 15.1. The molecule has 1 aliphatic rings. The molecular weight excluding hydrogens is 430 g/mol. The Kier molecular flexibility index (Phi) is 5.26. The van der Waals surface area contributed by atoms with Crippen LogP contribution in [0.4, 0.5) is 5.69 Å². The third-order valence-corrected chi connectivity index (χ3v) is 6.81. The number of hydrogen-bond donors (Lipinski definition) is 1. The quantitative estimate of drug-likeness (QED) is 0.462. The van der Waals surface area contributed by atoms with Crippen molar-refractivity contribution in [2.75, 3.05) is 31.1 Å². The molecule has 5 nitrogen and oxygen atoms in total. The van der Waals surface area contributed by atoms with Gasteiger partial charge in [-0.05, 0) is 48.5 Å². The van der Waals surface area contributed by atoms with E-state index in [1.54, 1.807) is 12.1 Å². The summed E-state index contributed by atoms with van der Waals surface area (Å²) >= 11 is 7.58. The predicted molar refractivity (Wildman–Crippen MR) is 126 cm³/mol. The first-order valence-corrected chi connectivity index (χ1v) is 11.3. The average Bonchev–Trinajstić information content (AvgIpc) is 3.25. The molecule has 0 bridgehead atoms. The van der Waals surface area contributed by atoms with Crippen molar-refractivity contribution in [3.8, 4) is 16.3 Å². The highest BCUT2D eigenvalue weighted by molar-refractivity contribution is 7.19. The largest absolute Gasteiger partial charge is 0.508 e. The number of hydrogen-bond acceptors (Lipinski definition) is 5. The predicted octanol–water partition coefficient (Wildman–Crippen LogP) is 5.28. The van der Waals surface area contributed by atoms with Crippen molar-refractivity contribution < 1.29 is 9.90 Å². The van der Waals surface area contributed by atoms with E-state index in [4.69, 9.17) is 16.6 Å². The summed E-state index contributed by atoms with van der Waals surface area (Å²) in [6.45, 7) is 2.76. The lowest BCUT2D eigenvalue weighted by molar-refractivity contribution is 0.0748. The first-order valence-electron chi connectivity index (χ1n) is 10.1. The number of aromatic hydroxyl groups is 1. The van der Waals surface area contributed by atoms with E-state index in [9.17, 15) is 9.90 Å². The summed E-state index contributed by atoms with van der Waals surface area (Å²) in [6, 6.07) is 20.6. The van der Waals surface area contributed by atoms with E-state index >= 15 is 0 Å². The summed E-state index contributed by atoms with van der Waals surface area (Å²) in [5.41, 5.74) is 3.29. The van der Waals surface area contributed by atoms with E-state index in [0.717, 1.165) is 40.3 Å². The number of amides is 1. The third-order valence-electron chi connectivity index (χ3n) is 5.55. The van der Waals surface area contributed by atoms with Crippen LogP contribution in [0.3, 0.4) is 0 Å². The summed E-state index contributed by atoms with van der Waals surface area (Å²) in [4.78, 5) is 23.4. The maximum Gasteiger partial charge on any atom is 0.254 e. The van der Waals surface area contributed by atoms with Gasteiger partial charge in [0.15, 0.2) is 0 Å². The highest BCUT2D eigenvalue weighted by atomic mass is 35.5. The Labute approximate surface area is 189 Å². The Morgan fingerprint density at radius 2 is 1.71 bits per heavy atom. The molecule has 1 aliphatic heterocycles. The van der Waals surface area contributed by atoms with E-state index in [1.807, 2.05) is 59.5 Å². The summed E-state index contributed by atoms with van der Waals surface area (Å²) < 4.78 is 0.697. The zero-order valence-electron chi connectivity index (χ0n) is 16.7. The van der Waals surface area contributed by atoms with E-state index in [-0.39, 0.29) is 11.7 Å². The minimum absolute atomic E-state index is 0.0212. The van der Waals surface area contributed by atoms with Gasteiger partial charge in [-0.2, -0.15) is 0 Å². The van der Waals surface area contributed by atoms with Crippen LogP contribution in [0.15, 0.2) is 66.7 Å². The maximum absolute atomic E-state index is 13.5. The number of carbonyl (C=O) groups is 1. The molecule has 0 spiro atoms. The summed E-state index contributed by atoms with van der Waals surface area (Å²) in [5.74, 6) is 0.276. The number of piperazine rings is 1. The zero-order valence-corrected chi connectivity index (χ0v) is 18.2. The highest BCUT2D eigenvalue weighted by Crippen LogP contribution is 2.33. The molecule has 0 saturated carbocycles. The number of carbonyl (C=O) groups excluding carboxylic acids is 1. The molecule has 0 unspecified atom stereocenters. The summed E-state index contributed by atoms with van der Waals surface area (Å²) in [6.07, 6.45) is 0. The van der Waals surface area contributed by atoms with Gasteiger partial charge in [0.2, 0.25) is 0 Å².